The predicted octanol–water partition coefficient (Wildman–Crippen LogP) is 4.72. The van der Waals surface area contributed by atoms with Crippen molar-refractivity contribution in [1.82, 2.24) is 0 Å². The van der Waals surface area contributed by atoms with Crippen molar-refractivity contribution in [3.05, 3.63) is 71.3 Å². The molecule has 0 aliphatic heterocycles. The van der Waals surface area contributed by atoms with E-state index in [0.29, 0.717) is 0 Å². The lowest BCUT2D eigenvalue weighted by Crippen LogP contribution is -1.83. The van der Waals surface area contributed by atoms with E-state index < -0.39 is 0 Å². The summed E-state index contributed by atoms with van der Waals surface area (Å²) in [5, 5.41) is 2.75. The van der Waals surface area contributed by atoms with Crippen molar-refractivity contribution in [3.8, 4) is 11.1 Å². The van der Waals surface area contributed by atoms with Crippen LogP contribution in [0.3, 0.4) is 0 Å². The molecule has 0 aromatic heterocycles. The van der Waals surface area contributed by atoms with Crippen LogP contribution in [-0.4, -0.2) is 0 Å². The lowest BCUT2D eigenvalue weighted by molar-refractivity contribution is 1.28. The Kier molecular flexibility index (Phi) is 1.90. The first-order valence-corrected chi connectivity index (χ1v) is 6.43. The van der Waals surface area contributed by atoms with Crippen LogP contribution in [0.25, 0.3) is 21.9 Å². The Balaban J connectivity index is 2.08. The molecule has 0 unspecified atom stereocenters. The highest BCUT2D eigenvalue weighted by atomic mass is 14.2. The van der Waals surface area contributed by atoms with Gasteiger partial charge in [0.15, 0.2) is 0 Å². The number of fused-ring (bicyclic) bond motifs is 5. The second-order valence-electron chi connectivity index (χ2n) is 5.15. The van der Waals surface area contributed by atoms with E-state index in [4.69, 9.17) is 0 Å². The van der Waals surface area contributed by atoms with Crippen LogP contribution in [0.5, 0.6) is 0 Å². The second kappa shape index (κ2) is 3.46. The molecule has 0 saturated heterocycles. The number of hydrogen-bond acceptors (Lipinski definition) is 0. The van der Waals surface area contributed by atoms with Gasteiger partial charge in [-0.2, -0.15) is 0 Å². The van der Waals surface area contributed by atoms with Crippen molar-refractivity contribution in [1.29, 1.82) is 0 Å². The Hall–Kier alpha value is -2.08. The van der Waals surface area contributed by atoms with Gasteiger partial charge in [-0.05, 0) is 46.4 Å². The summed E-state index contributed by atoms with van der Waals surface area (Å²) in [7, 11) is 0. The van der Waals surface area contributed by atoms with E-state index >= 15 is 0 Å². The minimum atomic E-state index is 1.08. The Labute approximate surface area is 107 Å². The van der Waals surface area contributed by atoms with Gasteiger partial charge in [0.1, 0.15) is 0 Å². The van der Waals surface area contributed by atoms with Gasteiger partial charge in [0.25, 0.3) is 0 Å². The number of hydrogen-bond donors (Lipinski definition) is 0. The molecule has 0 saturated carbocycles. The molecule has 86 valence electrons. The van der Waals surface area contributed by atoms with Gasteiger partial charge in [-0.15, -0.1) is 0 Å². The van der Waals surface area contributed by atoms with Crippen molar-refractivity contribution < 1.29 is 0 Å². The highest BCUT2D eigenvalue weighted by Crippen LogP contribution is 2.40. The third-order valence-electron chi connectivity index (χ3n) is 3.96. The van der Waals surface area contributed by atoms with Crippen LogP contribution in [0.4, 0.5) is 0 Å². The Morgan fingerprint density at radius 3 is 2.67 bits per heavy atom. The van der Waals surface area contributed by atoms with Gasteiger partial charge < -0.3 is 0 Å². The quantitative estimate of drug-likeness (QED) is 0.410. The van der Waals surface area contributed by atoms with E-state index in [1.807, 2.05) is 0 Å². The monoisotopic (exact) mass is 230 g/mol. The Morgan fingerprint density at radius 1 is 0.833 bits per heavy atom. The molecule has 1 aliphatic carbocycles. The van der Waals surface area contributed by atoms with Gasteiger partial charge in [0.2, 0.25) is 0 Å². The van der Waals surface area contributed by atoms with Crippen molar-refractivity contribution in [2.24, 2.45) is 0 Å². The third kappa shape index (κ3) is 1.26. The van der Waals surface area contributed by atoms with Crippen molar-refractivity contribution in [2.75, 3.05) is 0 Å². The van der Waals surface area contributed by atoms with Gasteiger partial charge in [-0.25, -0.2) is 0 Å². The molecule has 0 atom stereocenters. The summed E-state index contributed by atoms with van der Waals surface area (Å²) in [4.78, 5) is 0. The van der Waals surface area contributed by atoms with E-state index in [2.05, 4.69) is 61.5 Å². The lowest BCUT2D eigenvalue weighted by atomic mass is 9.99. The van der Waals surface area contributed by atoms with Crippen molar-refractivity contribution in [2.45, 2.75) is 13.3 Å². The van der Waals surface area contributed by atoms with Crippen LogP contribution < -0.4 is 0 Å². The average Bonchev–Trinajstić information content (AvgIpc) is 2.77. The SMILES string of the molecule is Cc1ccc2c(c1)-c1ccc3ccccc3c1C2. The zero-order valence-corrected chi connectivity index (χ0v) is 10.4. The summed E-state index contributed by atoms with van der Waals surface area (Å²) < 4.78 is 0. The van der Waals surface area contributed by atoms with E-state index in [1.165, 1.54) is 38.6 Å². The third-order valence-corrected chi connectivity index (χ3v) is 3.96. The van der Waals surface area contributed by atoms with Gasteiger partial charge in [-0.1, -0.05) is 60.2 Å². The first-order valence-electron chi connectivity index (χ1n) is 6.43. The lowest BCUT2D eigenvalue weighted by Gasteiger charge is -2.05. The van der Waals surface area contributed by atoms with Gasteiger partial charge in [-0.3, -0.25) is 0 Å². The van der Waals surface area contributed by atoms with E-state index in [0.717, 1.165) is 6.42 Å². The molecule has 3 aromatic carbocycles. The minimum Gasteiger partial charge on any atom is -0.0616 e. The number of benzene rings is 3. The molecule has 4 rings (SSSR count). The van der Waals surface area contributed by atoms with Crippen molar-refractivity contribution in [3.63, 3.8) is 0 Å². The fourth-order valence-corrected chi connectivity index (χ4v) is 3.06. The van der Waals surface area contributed by atoms with Gasteiger partial charge >= 0.3 is 0 Å². The fraction of sp³-hybridized carbons (Fsp3) is 0.111. The largest absolute Gasteiger partial charge is 0.0616 e. The average molecular weight is 230 g/mol. The van der Waals surface area contributed by atoms with E-state index in [-0.39, 0.29) is 0 Å². The summed E-state index contributed by atoms with van der Waals surface area (Å²) in [6, 6.07) is 20.0. The second-order valence-corrected chi connectivity index (χ2v) is 5.15. The molecule has 0 nitrogen and oxygen atoms in total. The molecule has 1 aliphatic rings. The molecule has 0 amide bonds. The smallest absolute Gasteiger partial charge is 0.000728 e. The summed E-state index contributed by atoms with van der Waals surface area (Å²) in [5.74, 6) is 0. The Bertz CT molecular complexity index is 766. The molecule has 18 heavy (non-hydrogen) atoms. The standard InChI is InChI=1S/C18H14/c1-12-6-7-14-11-18-15-5-3-2-4-13(15)8-9-16(18)17(14)10-12/h2-10H,11H2,1H3. The topological polar surface area (TPSA) is 0 Å². The summed E-state index contributed by atoms with van der Waals surface area (Å²) in [6.45, 7) is 2.17. The van der Waals surface area contributed by atoms with Crippen LogP contribution in [0.1, 0.15) is 16.7 Å². The van der Waals surface area contributed by atoms with Crippen LogP contribution >= 0.6 is 0 Å². The van der Waals surface area contributed by atoms with Gasteiger partial charge in [0.05, 0.1) is 0 Å². The molecule has 0 radical (unpaired) electrons. The van der Waals surface area contributed by atoms with E-state index in [1.54, 1.807) is 0 Å². The van der Waals surface area contributed by atoms with Crippen LogP contribution in [0, 0.1) is 6.92 Å². The van der Waals surface area contributed by atoms with Crippen LogP contribution in [0.15, 0.2) is 54.6 Å². The van der Waals surface area contributed by atoms with Gasteiger partial charge in [0, 0.05) is 0 Å². The fourth-order valence-electron chi connectivity index (χ4n) is 3.06. The molecule has 0 N–H and O–H groups in total. The highest BCUT2D eigenvalue weighted by Gasteiger charge is 2.19. The summed E-state index contributed by atoms with van der Waals surface area (Å²) in [5.41, 5.74) is 7.15. The van der Waals surface area contributed by atoms with Crippen LogP contribution in [0.2, 0.25) is 0 Å². The zero-order valence-electron chi connectivity index (χ0n) is 10.4. The first kappa shape index (κ1) is 9.90. The molecular formula is C18H14. The highest BCUT2D eigenvalue weighted by molar-refractivity contribution is 5.95. The normalized spacial score (nSPS) is 12.5. The maximum Gasteiger partial charge on any atom is -0.000728 e. The number of rotatable bonds is 0. The van der Waals surface area contributed by atoms with Crippen LogP contribution in [-0.2, 0) is 6.42 Å². The molecular weight excluding hydrogens is 216 g/mol. The zero-order chi connectivity index (χ0) is 12.1. The Morgan fingerprint density at radius 2 is 1.72 bits per heavy atom. The molecule has 0 heteroatoms. The minimum absolute atomic E-state index is 1.08. The molecule has 3 aromatic rings. The molecule has 0 heterocycles. The number of aryl methyl sites for hydroxylation is 1. The molecule has 0 bridgehead atoms. The molecule has 0 spiro atoms. The molecule has 0 fully saturated rings. The van der Waals surface area contributed by atoms with Crippen molar-refractivity contribution >= 4 is 10.8 Å². The first-order chi connectivity index (χ1) is 8.83. The predicted molar refractivity (Wildman–Crippen MR) is 76.9 cm³/mol. The van der Waals surface area contributed by atoms with E-state index in [9.17, 15) is 0 Å². The maximum absolute atomic E-state index is 2.32. The summed E-state index contributed by atoms with van der Waals surface area (Å²) >= 11 is 0. The summed E-state index contributed by atoms with van der Waals surface area (Å²) in [6.07, 6.45) is 1.08. The maximum atomic E-state index is 2.32.